The first-order valence-corrected chi connectivity index (χ1v) is 4.85. The molecule has 90 valence electrons. The average Bonchev–Trinajstić information content (AvgIpc) is 2.25. The molecule has 1 heterocycles. The molecule has 0 radical (unpaired) electrons. The fourth-order valence-corrected chi connectivity index (χ4v) is 1.50. The average molecular weight is 222 g/mol. The summed E-state index contributed by atoms with van der Waals surface area (Å²) in [5.74, 6) is 0. The number of aliphatic hydroxyl groups excluding tert-OH is 4. The van der Waals surface area contributed by atoms with Gasteiger partial charge in [-0.05, 0) is 0 Å². The van der Waals surface area contributed by atoms with Crippen LogP contribution in [-0.2, 0) is 4.74 Å². The SMILES string of the molecule is NCCNC1OC(CO)C(O)C(O)C1O. The van der Waals surface area contributed by atoms with Crippen LogP contribution < -0.4 is 11.1 Å². The Kier molecular flexibility index (Phi) is 4.87. The van der Waals surface area contributed by atoms with Crippen molar-refractivity contribution in [3.05, 3.63) is 0 Å². The standard InChI is InChI=1S/C8H18N2O5/c9-1-2-10-8-7(14)6(13)5(12)4(3-11)15-8/h4-8,10-14H,1-3,9H2. The van der Waals surface area contributed by atoms with Gasteiger partial charge in [-0.25, -0.2) is 0 Å². The predicted octanol–water partition coefficient (Wildman–Crippen LogP) is -3.67. The van der Waals surface area contributed by atoms with Crippen molar-refractivity contribution in [3.8, 4) is 0 Å². The molecule has 1 fully saturated rings. The second-order valence-electron chi connectivity index (χ2n) is 3.49. The smallest absolute Gasteiger partial charge is 0.137 e. The van der Waals surface area contributed by atoms with E-state index >= 15 is 0 Å². The molecule has 0 aromatic rings. The molecule has 0 spiro atoms. The summed E-state index contributed by atoms with van der Waals surface area (Å²) in [5.41, 5.74) is 5.26. The molecule has 5 unspecified atom stereocenters. The molecule has 0 bridgehead atoms. The van der Waals surface area contributed by atoms with Crippen LogP contribution in [-0.4, -0.2) is 70.8 Å². The number of nitrogens with two attached hydrogens (primary N) is 1. The van der Waals surface area contributed by atoms with Crippen LogP contribution in [0.5, 0.6) is 0 Å². The lowest BCUT2D eigenvalue weighted by Crippen LogP contribution is -2.62. The van der Waals surface area contributed by atoms with Gasteiger partial charge in [0, 0.05) is 13.1 Å². The molecule has 0 aliphatic carbocycles. The van der Waals surface area contributed by atoms with Crippen LogP contribution in [0.15, 0.2) is 0 Å². The number of hydrogen-bond acceptors (Lipinski definition) is 7. The Morgan fingerprint density at radius 3 is 2.33 bits per heavy atom. The van der Waals surface area contributed by atoms with Gasteiger partial charge in [-0.3, -0.25) is 5.32 Å². The van der Waals surface area contributed by atoms with Crippen LogP contribution in [0.3, 0.4) is 0 Å². The van der Waals surface area contributed by atoms with Gasteiger partial charge < -0.3 is 30.9 Å². The van der Waals surface area contributed by atoms with E-state index in [9.17, 15) is 15.3 Å². The van der Waals surface area contributed by atoms with E-state index in [1.165, 1.54) is 0 Å². The summed E-state index contributed by atoms with van der Waals surface area (Å²) in [6.45, 7) is 0.337. The molecule has 0 saturated carbocycles. The topological polar surface area (TPSA) is 128 Å². The third kappa shape index (κ3) is 2.85. The first kappa shape index (κ1) is 12.8. The highest BCUT2D eigenvalue weighted by Gasteiger charge is 2.42. The molecule has 5 atom stereocenters. The molecule has 1 aliphatic heterocycles. The zero-order valence-electron chi connectivity index (χ0n) is 8.28. The molecule has 0 aromatic carbocycles. The Morgan fingerprint density at radius 1 is 1.13 bits per heavy atom. The summed E-state index contributed by atoms with van der Waals surface area (Å²) in [7, 11) is 0. The van der Waals surface area contributed by atoms with Crippen LogP contribution in [0.25, 0.3) is 0 Å². The Balaban J connectivity index is 2.57. The molecule has 7 nitrogen and oxygen atoms in total. The summed E-state index contributed by atoms with van der Waals surface area (Å²) in [6, 6.07) is 0. The third-order valence-electron chi connectivity index (χ3n) is 2.38. The zero-order valence-corrected chi connectivity index (χ0v) is 8.28. The molecule has 0 aromatic heterocycles. The lowest BCUT2D eigenvalue weighted by atomic mass is 9.98. The number of ether oxygens (including phenoxy) is 1. The highest BCUT2D eigenvalue weighted by molar-refractivity contribution is 4.90. The van der Waals surface area contributed by atoms with Crippen LogP contribution in [0.4, 0.5) is 0 Å². The van der Waals surface area contributed by atoms with Crippen molar-refractivity contribution in [3.63, 3.8) is 0 Å². The summed E-state index contributed by atoms with van der Waals surface area (Å²) < 4.78 is 5.16. The van der Waals surface area contributed by atoms with Gasteiger partial charge in [-0.1, -0.05) is 0 Å². The summed E-state index contributed by atoms with van der Waals surface area (Å²) in [6.07, 6.45) is -5.61. The number of nitrogens with one attached hydrogen (secondary N) is 1. The Morgan fingerprint density at radius 2 is 1.80 bits per heavy atom. The first-order valence-electron chi connectivity index (χ1n) is 4.85. The van der Waals surface area contributed by atoms with E-state index in [1.54, 1.807) is 0 Å². The minimum atomic E-state index is -1.34. The van der Waals surface area contributed by atoms with Crippen molar-refractivity contribution in [2.45, 2.75) is 30.6 Å². The van der Waals surface area contributed by atoms with Crippen molar-refractivity contribution >= 4 is 0 Å². The van der Waals surface area contributed by atoms with Crippen molar-refractivity contribution in [2.24, 2.45) is 5.73 Å². The third-order valence-corrected chi connectivity index (χ3v) is 2.38. The molecular formula is C8H18N2O5. The van der Waals surface area contributed by atoms with Gasteiger partial charge in [0.2, 0.25) is 0 Å². The van der Waals surface area contributed by atoms with Crippen LogP contribution in [0.1, 0.15) is 0 Å². The lowest BCUT2D eigenvalue weighted by molar-refractivity contribution is -0.236. The maximum absolute atomic E-state index is 9.53. The van der Waals surface area contributed by atoms with Crippen molar-refractivity contribution in [2.75, 3.05) is 19.7 Å². The van der Waals surface area contributed by atoms with Gasteiger partial charge in [0.25, 0.3) is 0 Å². The lowest BCUT2D eigenvalue weighted by Gasteiger charge is -2.40. The van der Waals surface area contributed by atoms with Crippen LogP contribution in [0.2, 0.25) is 0 Å². The summed E-state index contributed by atoms with van der Waals surface area (Å²) in [4.78, 5) is 0. The minimum Gasteiger partial charge on any atom is -0.394 e. The second-order valence-corrected chi connectivity index (χ2v) is 3.49. The van der Waals surface area contributed by atoms with Crippen molar-refractivity contribution in [1.82, 2.24) is 5.32 Å². The van der Waals surface area contributed by atoms with Crippen LogP contribution >= 0.6 is 0 Å². The second kappa shape index (κ2) is 5.71. The van der Waals surface area contributed by atoms with Crippen LogP contribution in [0, 0.1) is 0 Å². The fourth-order valence-electron chi connectivity index (χ4n) is 1.50. The Bertz CT molecular complexity index is 192. The van der Waals surface area contributed by atoms with Gasteiger partial charge >= 0.3 is 0 Å². The molecule has 1 rings (SSSR count). The molecule has 15 heavy (non-hydrogen) atoms. The molecule has 1 saturated heterocycles. The Hall–Kier alpha value is -0.280. The number of hydrogen-bond donors (Lipinski definition) is 6. The number of rotatable bonds is 4. The molecular weight excluding hydrogens is 204 g/mol. The Labute approximate surface area is 87.5 Å². The highest BCUT2D eigenvalue weighted by Crippen LogP contribution is 2.19. The van der Waals surface area contributed by atoms with Gasteiger partial charge in [0.1, 0.15) is 30.6 Å². The van der Waals surface area contributed by atoms with E-state index in [0.29, 0.717) is 13.1 Å². The van der Waals surface area contributed by atoms with E-state index < -0.39 is 37.3 Å². The van der Waals surface area contributed by atoms with E-state index in [-0.39, 0.29) is 0 Å². The maximum atomic E-state index is 9.53. The summed E-state index contributed by atoms with van der Waals surface area (Å²) >= 11 is 0. The van der Waals surface area contributed by atoms with Crippen molar-refractivity contribution in [1.29, 1.82) is 0 Å². The molecule has 7 N–H and O–H groups in total. The molecule has 0 amide bonds. The molecule has 7 heteroatoms. The maximum Gasteiger partial charge on any atom is 0.137 e. The first-order chi connectivity index (χ1) is 7.11. The molecule has 1 aliphatic rings. The van der Waals surface area contributed by atoms with Gasteiger partial charge in [-0.15, -0.1) is 0 Å². The normalized spacial score (nSPS) is 41.8. The monoisotopic (exact) mass is 222 g/mol. The van der Waals surface area contributed by atoms with Crippen molar-refractivity contribution < 1.29 is 25.2 Å². The van der Waals surface area contributed by atoms with E-state index in [0.717, 1.165) is 0 Å². The minimum absolute atomic E-state index is 0.356. The quantitative estimate of drug-likeness (QED) is 0.289. The highest BCUT2D eigenvalue weighted by atomic mass is 16.6. The van der Waals surface area contributed by atoms with Gasteiger partial charge in [0.05, 0.1) is 6.61 Å². The zero-order chi connectivity index (χ0) is 11.4. The van der Waals surface area contributed by atoms with E-state index in [4.69, 9.17) is 15.6 Å². The van der Waals surface area contributed by atoms with E-state index in [1.807, 2.05) is 0 Å². The largest absolute Gasteiger partial charge is 0.394 e. The van der Waals surface area contributed by atoms with E-state index in [2.05, 4.69) is 5.32 Å². The van der Waals surface area contributed by atoms with Gasteiger partial charge in [0.15, 0.2) is 0 Å². The predicted molar refractivity (Wildman–Crippen MR) is 50.8 cm³/mol. The fraction of sp³-hybridized carbons (Fsp3) is 1.00. The van der Waals surface area contributed by atoms with Gasteiger partial charge in [-0.2, -0.15) is 0 Å². The number of aliphatic hydroxyl groups is 4. The summed E-state index contributed by atoms with van der Waals surface area (Å²) in [5, 5.41) is 40.0.